The van der Waals surface area contributed by atoms with E-state index in [9.17, 15) is 0 Å². The van der Waals surface area contributed by atoms with Crippen molar-refractivity contribution in [1.82, 2.24) is 9.78 Å². The Morgan fingerprint density at radius 1 is 1.47 bits per heavy atom. The standard InChI is InChI=1S/C11H15N3O/c1-4-7-5-6-8(15-3)9-10(7)14(2)13-11(9)12/h5-6H,4H2,1-3H3,(H2,12,13). The predicted molar refractivity (Wildman–Crippen MR) is 61.1 cm³/mol. The third kappa shape index (κ3) is 1.33. The normalized spacial score (nSPS) is 10.9. The first-order valence-electron chi connectivity index (χ1n) is 4.97. The van der Waals surface area contributed by atoms with E-state index in [4.69, 9.17) is 10.5 Å². The number of hydrogen-bond acceptors (Lipinski definition) is 3. The van der Waals surface area contributed by atoms with E-state index in [2.05, 4.69) is 18.1 Å². The van der Waals surface area contributed by atoms with Crippen molar-refractivity contribution in [2.45, 2.75) is 13.3 Å². The molecule has 1 heterocycles. The van der Waals surface area contributed by atoms with Crippen LogP contribution in [0.1, 0.15) is 12.5 Å². The van der Waals surface area contributed by atoms with E-state index in [0.717, 1.165) is 23.1 Å². The summed E-state index contributed by atoms with van der Waals surface area (Å²) >= 11 is 0. The van der Waals surface area contributed by atoms with Crippen molar-refractivity contribution in [3.63, 3.8) is 0 Å². The van der Waals surface area contributed by atoms with Crippen molar-refractivity contribution in [3.05, 3.63) is 17.7 Å². The van der Waals surface area contributed by atoms with Crippen LogP contribution in [0.2, 0.25) is 0 Å². The van der Waals surface area contributed by atoms with E-state index >= 15 is 0 Å². The summed E-state index contributed by atoms with van der Waals surface area (Å²) in [6, 6.07) is 4.00. The van der Waals surface area contributed by atoms with Crippen LogP contribution < -0.4 is 10.5 Å². The number of nitrogen functional groups attached to an aromatic ring is 1. The van der Waals surface area contributed by atoms with Crippen molar-refractivity contribution < 1.29 is 4.74 Å². The number of nitrogens with zero attached hydrogens (tertiary/aromatic N) is 2. The van der Waals surface area contributed by atoms with E-state index in [0.29, 0.717) is 5.82 Å². The van der Waals surface area contributed by atoms with Gasteiger partial charge in [-0.1, -0.05) is 13.0 Å². The number of benzene rings is 1. The molecule has 0 saturated heterocycles. The number of anilines is 1. The fourth-order valence-corrected chi connectivity index (χ4v) is 1.95. The van der Waals surface area contributed by atoms with Crippen molar-refractivity contribution in [2.24, 2.45) is 7.05 Å². The highest BCUT2D eigenvalue weighted by Gasteiger charge is 2.13. The molecule has 0 fully saturated rings. The summed E-state index contributed by atoms with van der Waals surface area (Å²) in [7, 11) is 3.55. The number of fused-ring (bicyclic) bond motifs is 1. The van der Waals surface area contributed by atoms with Crippen LogP contribution in [0.4, 0.5) is 5.82 Å². The monoisotopic (exact) mass is 205 g/mol. The maximum atomic E-state index is 5.87. The molecule has 0 unspecified atom stereocenters. The highest BCUT2D eigenvalue weighted by Crippen LogP contribution is 2.32. The fourth-order valence-electron chi connectivity index (χ4n) is 1.95. The van der Waals surface area contributed by atoms with Gasteiger partial charge in [-0.2, -0.15) is 5.10 Å². The molecule has 2 rings (SSSR count). The second-order valence-electron chi connectivity index (χ2n) is 3.51. The van der Waals surface area contributed by atoms with Gasteiger partial charge in [0, 0.05) is 7.05 Å². The molecule has 1 aromatic heterocycles. The zero-order chi connectivity index (χ0) is 11.0. The number of aromatic nitrogens is 2. The van der Waals surface area contributed by atoms with Gasteiger partial charge in [0.2, 0.25) is 0 Å². The number of aryl methyl sites for hydroxylation is 2. The molecule has 0 aliphatic carbocycles. The Morgan fingerprint density at radius 3 is 2.80 bits per heavy atom. The zero-order valence-corrected chi connectivity index (χ0v) is 9.24. The number of hydrogen-bond donors (Lipinski definition) is 1. The third-order valence-electron chi connectivity index (χ3n) is 2.66. The molecule has 4 nitrogen and oxygen atoms in total. The molecular weight excluding hydrogens is 190 g/mol. The smallest absolute Gasteiger partial charge is 0.157 e. The highest BCUT2D eigenvalue weighted by molar-refractivity contribution is 5.96. The molecule has 0 bridgehead atoms. The van der Waals surface area contributed by atoms with Crippen molar-refractivity contribution >= 4 is 16.7 Å². The van der Waals surface area contributed by atoms with E-state index in [1.807, 2.05) is 17.8 Å². The molecule has 0 radical (unpaired) electrons. The third-order valence-corrected chi connectivity index (χ3v) is 2.66. The molecule has 2 aromatic rings. The van der Waals surface area contributed by atoms with Gasteiger partial charge in [-0.3, -0.25) is 4.68 Å². The summed E-state index contributed by atoms with van der Waals surface area (Å²) < 4.78 is 7.10. The van der Waals surface area contributed by atoms with E-state index in [1.54, 1.807) is 7.11 Å². The number of ether oxygens (including phenoxy) is 1. The minimum Gasteiger partial charge on any atom is -0.496 e. The SMILES string of the molecule is CCc1ccc(OC)c2c(N)nn(C)c12. The van der Waals surface area contributed by atoms with Crippen molar-refractivity contribution in [2.75, 3.05) is 12.8 Å². The van der Waals surface area contributed by atoms with Crippen LogP contribution in [0.3, 0.4) is 0 Å². The molecule has 0 amide bonds. The Kier molecular flexibility index (Phi) is 2.26. The van der Waals surface area contributed by atoms with Gasteiger partial charge in [0.1, 0.15) is 5.75 Å². The van der Waals surface area contributed by atoms with Gasteiger partial charge in [0.25, 0.3) is 0 Å². The first-order valence-corrected chi connectivity index (χ1v) is 4.97. The second kappa shape index (κ2) is 3.46. The van der Waals surface area contributed by atoms with Gasteiger partial charge >= 0.3 is 0 Å². The Labute approximate surface area is 88.6 Å². The van der Waals surface area contributed by atoms with Gasteiger partial charge in [-0.05, 0) is 18.1 Å². The molecule has 4 heteroatoms. The predicted octanol–water partition coefficient (Wildman–Crippen LogP) is 1.73. The number of rotatable bonds is 2. The van der Waals surface area contributed by atoms with E-state index in [-0.39, 0.29) is 0 Å². The summed E-state index contributed by atoms with van der Waals surface area (Å²) in [6.45, 7) is 2.12. The molecule has 0 atom stereocenters. The van der Waals surface area contributed by atoms with Crippen molar-refractivity contribution in [1.29, 1.82) is 0 Å². The molecular formula is C11H15N3O. The van der Waals surface area contributed by atoms with Crippen LogP contribution >= 0.6 is 0 Å². The van der Waals surface area contributed by atoms with Crippen LogP contribution in [-0.2, 0) is 13.5 Å². The lowest BCUT2D eigenvalue weighted by molar-refractivity contribution is 0.420. The largest absolute Gasteiger partial charge is 0.496 e. The van der Waals surface area contributed by atoms with Gasteiger partial charge in [-0.25, -0.2) is 0 Å². The average Bonchev–Trinajstić information content (AvgIpc) is 2.54. The van der Waals surface area contributed by atoms with Crippen LogP contribution in [0.15, 0.2) is 12.1 Å². The Hall–Kier alpha value is -1.71. The molecule has 15 heavy (non-hydrogen) atoms. The Bertz CT molecular complexity index is 458. The first-order chi connectivity index (χ1) is 7.19. The Balaban J connectivity index is 2.89. The lowest BCUT2D eigenvalue weighted by Crippen LogP contribution is -1.94. The van der Waals surface area contributed by atoms with Gasteiger partial charge in [-0.15, -0.1) is 0 Å². The molecule has 2 N–H and O–H groups in total. The molecule has 0 aliphatic heterocycles. The summed E-state index contributed by atoms with van der Waals surface area (Å²) in [4.78, 5) is 0. The molecule has 0 spiro atoms. The summed E-state index contributed by atoms with van der Waals surface area (Å²) in [5.41, 5.74) is 8.16. The topological polar surface area (TPSA) is 53.1 Å². The minimum absolute atomic E-state index is 0.527. The lowest BCUT2D eigenvalue weighted by Gasteiger charge is -2.06. The lowest BCUT2D eigenvalue weighted by atomic mass is 10.1. The van der Waals surface area contributed by atoms with E-state index in [1.165, 1.54) is 5.56 Å². The zero-order valence-electron chi connectivity index (χ0n) is 9.24. The van der Waals surface area contributed by atoms with Crippen LogP contribution in [0.5, 0.6) is 5.75 Å². The molecule has 80 valence electrons. The second-order valence-corrected chi connectivity index (χ2v) is 3.51. The average molecular weight is 205 g/mol. The fraction of sp³-hybridized carbons (Fsp3) is 0.364. The first kappa shape index (κ1) is 9.83. The molecule has 0 saturated carbocycles. The Morgan fingerprint density at radius 2 is 2.20 bits per heavy atom. The molecule has 1 aromatic carbocycles. The van der Waals surface area contributed by atoms with Gasteiger partial charge < -0.3 is 10.5 Å². The maximum absolute atomic E-state index is 5.87. The maximum Gasteiger partial charge on any atom is 0.157 e. The number of nitrogens with two attached hydrogens (primary N) is 1. The van der Waals surface area contributed by atoms with Gasteiger partial charge in [0.05, 0.1) is 18.0 Å². The highest BCUT2D eigenvalue weighted by atomic mass is 16.5. The van der Waals surface area contributed by atoms with Crippen LogP contribution in [0, 0.1) is 0 Å². The minimum atomic E-state index is 0.527. The van der Waals surface area contributed by atoms with E-state index < -0.39 is 0 Å². The summed E-state index contributed by atoms with van der Waals surface area (Å²) in [5.74, 6) is 1.31. The molecule has 0 aliphatic rings. The van der Waals surface area contributed by atoms with Gasteiger partial charge in [0.15, 0.2) is 5.82 Å². The summed E-state index contributed by atoms with van der Waals surface area (Å²) in [6.07, 6.45) is 0.958. The number of methoxy groups -OCH3 is 1. The van der Waals surface area contributed by atoms with Crippen molar-refractivity contribution in [3.8, 4) is 5.75 Å². The summed E-state index contributed by atoms with van der Waals surface area (Å²) in [5, 5.41) is 5.14. The van der Waals surface area contributed by atoms with Crippen LogP contribution in [-0.4, -0.2) is 16.9 Å². The van der Waals surface area contributed by atoms with Crippen LogP contribution in [0.25, 0.3) is 10.9 Å². The quantitative estimate of drug-likeness (QED) is 0.812.